The predicted octanol–water partition coefficient (Wildman–Crippen LogP) is 1.70. The fraction of sp³-hybridized carbons (Fsp3) is 0.526. The second-order valence-electron chi connectivity index (χ2n) is 6.56. The lowest BCUT2D eigenvalue weighted by Crippen LogP contribution is -2.40. The molecule has 2 heterocycles. The number of hydrogen-bond acceptors (Lipinski definition) is 4. The molecular formula is C19H26N4O3. The highest BCUT2D eigenvalue weighted by Gasteiger charge is 2.29. The Morgan fingerprint density at radius 3 is 2.81 bits per heavy atom. The molecule has 140 valence electrons. The molecule has 1 aliphatic rings. The van der Waals surface area contributed by atoms with Gasteiger partial charge in [-0.2, -0.15) is 5.10 Å². The molecule has 7 nitrogen and oxygen atoms in total. The number of para-hydroxylation sites is 1. The van der Waals surface area contributed by atoms with Crippen LogP contribution in [0.3, 0.4) is 0 Å². The Kier molecular flexibility index (Phi) is 5.88. The van der Waals surface area contributed by atoms with E-state index in [0.717, 1.165) is 30.9 Å². The average Bonchev–Trinajstić information content (AvgIpc) is 2.97. The lowest BCUT2D eigenvalue weighted by atomic mass is 9.96. The normalized spacial score (nSPS) is 17.5. The number of carbonyl (C=O) groups is 1. The summed E-state index contributed by atoms with van der Waals surface area (Å²) < 4.78 is 8.33. The van der Waals surface area contributed by atoms with Crippen molar-refractivity contribution in [2.75, 3.05) is 26.3 Å². The van der Waals surface area contributed by atoms with Crippen molar-refractivity contribution in [3.63, 3.8) is 0 Å². The highest BCUT2D eigenvalue weighted by molar-refractivity contribution is 5.76. The highest BCUT2D eigenvalue weighted by Crippen LogP contribution is 2.26. The molecule has 0 bridgehead atoms. The minimum atomic E-state index is -0.161. The summed E-state index contributed by atoms with van der Waals surface area (Å²) >= 11 is 0. The van der Waals surface area contributed by atoms with E-state index in [2.05, 4.69) is 5.10 Å². The quantitative estimate of drug-likeness (QED) is 0.737. The minimum Gasteiger partial charge on any atom is -0.381 e. The van der Waals surface area contributed by atoms with E-state index < -0.39 is 0 Å². The second kappa shape index (κ2) is 8.31. The molecule has 0 unspecified atom stereocenters. The third-order valence-corrected chi connectivity index (χ3v) is 4.77. The molecule has 1 aliphatic heterocycles. The van der Waals surface area contributed by atoms with Crippen molar-refractivity contribution in [3.05, 3.63) is 46.6 Å². The van der Waals surface area contributed by atoms with Crippen LogP contribution in [-0.4, -0.2) is 51.5 Å². The molecule has 1 amide bonds. The zero-order valence-electron chi connectivity index (χ0n) is 15.4. The zero-order chi connectivity index (χ0) is 18.5. The maximum atomic E-state index is 12.6. The summed E-state index contributed by atoms with van der Waals surface area (Å²) in [5, 5.41) is 4.48. The van der Waals surface area contributed by atoms with Crippen molar-refractivity contribution in [1.29, 1.82) is 0 Å². The molecule has 26 heavy (non-hydrogen) atoms. The highest BCUT2D eigenvalue weighted by atomic mass is 16.5. The van der Waals surface area contributed by atoms with Gasteiger partial charge in [-0.3, -0.25) is 4.79 Å². The van der Waals surface area contributed by atoms with E-state index in [9.17, 15) is 9.59 Å². The molecule has 1 aromatic heterocycles. The number of hydrogen-bond donors (Lipinski definition) is 0. The predicted molar refractivity (Wildman–Crippen MR) is 98.5 cm³/mol. The van der Waals surface area contributed by atoms with Gasteiger partial charge in [-0.05, 0) is 31.9 Å². The van der Waals surface area contributed by atoms with Gasteiger partial charge in [0.2, 0.25) is 5.91 Å². The Morgan fingerprint density at radius 2 is 2.08 bits per heavy atom. The molecule has 1 aromatic carbocycles. The van der Waals surface area contributed by atoms with E-state index in [1.54, 1.807) is 11.6 Å². The van der Waals surface area contributed by atoms with Crippen LogP contribution in [-0.2, 0) is 16.6 Å². The minimum absolute atomic E-state index is 0.0499. The summed E-state index contributed by atoms with van der Waals surface area (Å²) in [6.07, 6.45) is 2.22. The monoisotopic (exact) mass is 358 g/mol. The third-order valence-electron chi connectivity index (χ3n) is 4.77. The van der Waals surface area contributed by atoms with Gasteiger partial charge in [0.25, 0.3) is 0 Å². The first kappa shape index (κ1) is 18.4. The lowest BCUT2D eigenvalue weighted by Gasteiger charge is -2.32. The van der Waals surface area contributed by atoms with E-state index in [1.807, 2.05) is 42.2 Å². The van der Waals surface area contributed by atoms with E-state index in [0.29, 0.717) is 26.2 Å². The molecule has 0 aliphatic carbocycles. The van der Waals surface area contributed by atoms with Gasteiger partial charge in [-0.15, -0.1) is 0 Å². The number of benzene rings is 1. The lowest BCUT2D eigenvalue weighted by molar-refractivity contribution is -0.133. The average molecular weight is 358 g/mol. The molecule has 0 saturated carbocycles. The fourth-order valence-corrected chi connectivity index (χ4v) is 3.44. The molecule has 1 saturated heterocycles. The Bertz CT molecular complexity index is 797. The second-order valence-corrected chi connectivity index (χ2v) is 6.56. The van der Waals surface area contributed by atoms with Crippen molar-refractivity contribution < 1.29 is 9.53 Å². The Morgan fingerprint density at radius 1 is 1.31 bits per heavy atom. The number of rotatable bonds is 6. The van der Waals surface area contributed by atoms with Crippen molar-refractivity contribution in [2.24, 2.45) is 7.05 Å². The van der Waals surface area contributed by atoms with Crippen LogP contribution < -0.4 is 5.69 Å². The largest absolute Gasteiger partial charge is 0.381 e. The van der Waals surface area contributed by atoms with Crippen LogP contribution in [0.25, 0.3) is 5.69 Å². The SMILES string of the molecule is CCOCCC(=O)N1CCC[C@H](c2nn(C)c(=O)n2-c2ccccc2)C1. The van der Waals surface area contributed by atoms with Gasteiger partial charge in [0.15, 0.2) is 0 Å². The maximum Gasteiger partial charge on any atom is 0.350 e. The molecule has 3 rings (SSSR count). The first-order chi connectivity index (χ1) is 12.6. The third kappa shape index (κ3) is 3.88. The summed E-state index contributed by atoms with van der Waals surface area (Å²) in [4.78, 5) is 26.9. The Balaban J connectivity index is 1.82. The van der Waals surface area contributed by atoms with E-state index in [1.165, 1.54) is 4.68 Å². The van der Waals surface area contributed by atoms with Crippen molar-refractivity contribution in [1.82, 2.24) is 19.2 Å². The Labute approximate surface area is 153 Å². The maximum absolute atomic E-state index is 12.6. The van der Waals surface area contributed by atoms with Gasteiger partial charge in [0.05, 0.1) is 18.7 Å². The number of amides is 1. The first-order valence-corrected chi connectivity index (χ1v) is 9.18. The smallest absolute Gasteiger partial charge is 0.350 e. The standard InChI is InChI=1S/C19H26N4O3/c1-3-26-13-11-17(24)22-12-7-8-15(14-22)18-20-21(2)19(25)23(18)16-9-5-4-6-10-16/h4-6,9-10,15H,3,7-8,11-14H2,1-2H3/t15-/m0/s1. The van der Waals surface area contributed by atoms with Crippen molar-refractivity contribution >= 4 is 5.91 Å². The van der Waals surface area contributed by atoms with Gasteiger partial charge in [0, 0.05) is 32.7 Å². The molecule has 1 atom stereocenters. The summed E-state index contributed by atoms with van der Waals surface area (Å²) in [5.41, 5.74) is 0.645. The topological polar surface area (TPSA) is 69.4 Å². The first-order valence-electron chi connectivity index (χ1n) is 9.18. The zero-order valence-corrected chi connectivity index (χ0v) is 15.4. The number of piperidine rings is 1. The van der Waals surface area contributed by atoms with Gasteiger partial charge in [0.1, 0.15) is 5.82 Å². The summed E-state index contributed by atoms with van der Waals surface area (Å²) in [6, 6.07) is 9.54. The van der Waals surface area contributed by atoms with E-state index in [4.69, 9.17) is 4.74 Å². The summed E-state index contributed by atoms with van der Waals surface area (Å²) in [7, 11) is 1.67. The Hall–Kier alpha value is -2.41. The molecule has 0 spiro atoms. The van der Waals surface area contributed by atoms with E-state index in [-0.39, 0.29) is 17.5 Å². The molecular weight excluding hydrogens is 332 g/mol. The van der Waals surface area contributed by atoms with Crippen molar-refractivity contribution in [3.8, 4) is 5.69 Å². The van der Waals surface area contributed by atoms with Crippen LogP contribution in [0.5, 0.6) is 0 Å². The van der Waals surface area contributed by atoms with Crippen LogP contribution in [0, 0.1) is 0 Å². The van der Waals surface area contributed by atoms with E-state index >= 15 is 0 Å². The number of carbonyl (C=O) groups excluding carboxylic acids is 1. The van der Waals surface area contributed by atoms with Crippen LogP contribution >= 0.6 is 0 Å². The molecule has 2 aromatic rings. The fourth-order valence-electron chi connectivity index (χ4n) is 3.44. The molecule has 7 heteroatoms. The molecule has 1 fully saturated rings. The van der Waals surface area contributed by atoms with Crippen LogP contribution in [0.4, 0.5) is 0 Å². The summed E-state index contributed by atoms with van der Waals surface area (Å²) in [6.45, 7) is 4.34. The number of ether oxygens (including phenoxy) is 1. The van der Waals surface area contributed by atoms with Gasteiger partial charge in [-0.25, -0.2) is 14.0 Å². The number of aromatic nitrogens is 3. The molecule has 0 radical (unpaired) electrons. The van der Waals surface area contributed by atoms with Gasteiger partial charge in [-0.1, -0.05) is 18.2 Å². The number of likely N-dealkylation sites (tertiary alicyclic amines) is 1. The van der Waals surface area contributed by atoms with Gasteiger partial charge < -0.3 is 9.64 Å². The van der Waals surface area contributed by atoms with Crippen molar-refractivity contribution in [2.45, 2.75) is 32.1 Å². The van der Waals surface area contributed by atoms with Crippen LogP contribution in [0.1, 0.15) is 37.9 Å². The summed E-state index contributed by atoms with van der Waals surface area (Å²) in [5.74, 6) is 0.882. The van der Waals surface area contributed by atoms with Crippen LogP contribution in [0.2, 0.25) is 0 Å². The van der Waals surface area contributed by atoms with Crippen LogP contribution in [0.15, 0.2) is 35.1 Å². The number of aryl methyl sites for hydroxylation is 1. The molecule has 0 N–H and O–H groups in total. The number of nitrogens with zero attached hydrogens (tertiary/aromatic N) is 4. The van der Waals surface area contributed by atoms with Gasteiger partial charge >= 0.3 is 5.69 Å².